The molecule has 35 heavy (non-hydrogen) atoms. The number of anilines is 1. The number of para-hydroxylation sites is 1. The van der Waals surface area contributed by atoms with Crippen LogP contribution in [0.1, 0.15) is 23.7 Å². The Morgan fingerprint density at radius 3 is 1.89 bits per heavy atom. The van der Waals surface area contributed by atoms with Gasteiger partial charge in [-0.15, -0.1) is 0 Å². The summed E-state index contributed by atoms with van der Waals surface area (Å²) in [4.78, 5) is 5.23. The Bertz CT molecular complexity index is 1360. The largest absolute Gasteiger partial charge is 0.334 e. The predicted octanol–water partition coefficient (Wildman–Crippen LogP) is 7.29. The molecule has 0 saturated carbocycles. The van der Waals surface area contributed by atoms with Gasteiger partial charge in [0.25, 0.3) is 0 Å². The van der Waals surface area contributed by atoms with Crippen LogP contribution in [0.4, 0.5) is 5.69 Å². The van der Waals surface area contributed by atoms with Gasteiger partial charge >= 0.3 is 0 Å². The van der Waals surface area contributed by atoms with Gasteiger partial charge in [-0.05, 0) is 36.6 Å². The molecule has 0 spiro atoms. The molecule has 170 valence electrons. The van der Waals surface area contributed by atoms with E-state index in [4.69, 9.17) is 4.98 Å². The Kier molecular flexibility index (Phi) is 6.13. The minimum absolute atomic E-state index is 0.195. The minimum Gasteiger partial charge on any atom is -0.334 e. The molecule has 0 radical (unpaired) electrons. The summed E-state index contributed by atoms with van der Waals surface area (Å²) < 4.78 is 2.68. The van der Waals surface area contributed by atoms with Crippen LogP contribution in [-0.4, -0.2) is 4.98 Å². The normalized spacial score (nSPS) is 15.1. The molecule has 1 aliphatic rings. The summed E-state index contributed by atoms with van der Waals surface area (Å²) in [5.74, 6) is 0. The molecule has 2 nitrogen and oxygen atoms in total. The van der Waals surface area contributed by atoms with Gasteiger partial charge in [-0.2, -0.15) is 0 Å². The van der Waals surface area contributed by atoms with Gasteiger partial charge in [0.15, 0.2) is 0 Å². The van der Waals surface area contributed by atoms with E-state index in [0.717, 1.165) is 29.8 Å². The van der Waals surface area contributed by atoms with Crippen molar-refractivity contribution in [1.82, 2.24) is 4.98 Å². The van der Waals surface area contributed by atoms with Crippen molar-refractivity contribution < 1.29 is 0 Å². The molecule has 6 rings (SSSR count). The highest BCUT2D eigenvalue weighted by atomic mass is 31.1. The molecule has 1 aliphatic heterocycles. The summed E-state index contributed by atoms with van der Waals surface area (Å²) in [5, 5.41) is 2.71. The lowest BCUT2D eigenvalue weighted by Gasteiger charge is -2.44. The van der Waals surface area contributed by atoms with Crippen LogP contribution < -0.4 is 15.3 Å². The van der Waals surface area contributed by atoms with Gasteiger partial charge in [-0.25, -0.2) is 0 Å². The fourth-order valence-electron chi connectivity index (χ4n) is 4.99. The number of pyridine rings is 1. The average Bonchev–Trinajstić information content (AvgIpc) is 2.95. The second-order valence-corrected chi connectivity index (χ2v) is 10.9. The maximum Gasteiger partial charge on any atom is 0.0758 e. The number of benzene rings is 4. The van der Waals surface area contributed by atoms with Crippen LogP contribution >= 0.6 is 8.07 Å². The van der Waals surface area contributed by atoms with Crippen LogP contribution in [0.2, 0.25) is 0 Å². The number of aryl methyl sites for hydroxylation is 1. The maximum atomic E-state index is 5.23. The molecule has 3 heteroatoms. The molecule has 0 fully saturated rings. The number of nitrogens with zero attached hydrogens (tertiary/aromatic N) is 2. The lowest BCUT2D eigenvalue weighted by atomic mass is 9.95. The molecule has 0 aliphatic carbocycles. The topological polar surface area (TPSA) is 16.1 Å². The van der Waals surface area contributed by atoms with Gasteiger partial charge in [0, 0.05) is 21.9 Å². The Hall–Kier alpha value is -3.74. The standard InChI is InChI=1S/C32H27N2P/c1-4-13-25(14-5-1)29-20-12-21-30(33-29)32-24-23-26-15-10-11-22-31(26)34(32)35(27-16-6-2-7-17-27)28-18-8-3-9-19-28/h1-22,32H,23-24H2/t32-/m0/s1. The number of hydrogen-bond acceptors (Lipinski definition) is 2. The molecule has 0 N–H and O–H groups in total. The first kappa shape index (κ1) is 21.8. The van der Waals surface area contributed by atoms with Gasteiger partial charge in [-0.1, -0.05) is 115 Å². The zero-order chi connectivity index (χ0) is 23.5. The van der Waals surface area contributed by atoms with Crippen LogP contribution in [0, 0.1) is 0 Å². The molecule has 0 saturated heterocycles. The molecule has 1 atom stereocenters. The van der Waals surface area contributed by atoms with Crippen LogP contribution in [0.25, 0.3) is 11.3 Å². The maximum absolute atomic E-state index is 5.23. The van der Waals surface area contributed by atoms with Crippen LogP contribution in [0.3, 0.4) is 0 Å². The summed E-state index contributed by atoms with van der Waals surface area (Å²) in [6.45, 7) is 0. The van der Waals surface area contributed by atoms with Crippen molar-refractivity contribution in [3.05, 3.63) is 145 Å². The van der Waals surface area contributed by atoms with E-state index in [0.29, 0.717) is 0 Å². The van der Waals surface area contributed by atoms with Gasteiger partial charge in [0.2, 0.25) is 0 Å². The second kappa shape index (κ2) is 9.86. The van der Waals surface area contributed by atoms with E-state index in [1.165, 1.54) is 21.9 Å². The fourth-order valence-corrected chi connectivity index (χ4v) is 7.62. The van der Waals surface area contributed by atoms with E-state index in [9.17, 15) is 0 Å². The van der Waals surface area contributed by atoms with Gasteiger partial charge in [-0.3, -0.25) is 4.98 Å². The van der Waals surface area contributed by atoms with E-state index < -0.39 is 8.07 Å². The lowest BCUT2D eigenvalue weighted by Crippen LogP contribution is -2.35. The summed E-state index contributed by atoms with van der Waals surface area (Å²) in [6, 6.07) is 48.1. The molecule has 4 aromatic carbocycles. The molecule has 5 aromatic rings. The summed E-state index contributed by atoms with van der Waals surface area (Å²) in [5.41, 5.74) is 6.08. The highest BCUT2D eigenvalue weighted by Crippen LogP contribution is 2.52. The van der Waals surface area contributed by atoms with Crippen LogP contribution in [0.5, 0.6) is 0 Å². The first-order valence-corrected chi connectivity index (χ1v) is 13.5. The average molecular weight is 471 g/mol. The number of hydrogen-bond donors (Lipinski definition) is 0. The van der Waals surface area contributed by atoms with E-state index in [1.807, 2.05) is 0 Å². The van der Waals surface area contributed by atoms with Gasteiger partial charge in [0.1, 0.15) is 0 Å². The third-order valence-corrected chi connectivity index (χ3v) is 9.12. The molecule has 2 heterocycles. The first-order valence-electron chi connectivity index (χ1n) is 12.2. The van der Waals surface area contributed by atoms with Crippen molar-refractivity contribution in [3.8, 4) is 11.3 Å². The Morgan fingerprint density at radius 2 is 1.20 bits per heavy atom. The summed E-state index contributed by atoms with van der Waals surface area (Å²) in [7, 11) is -0.789. The van der Waals surface area contributed by atoms with E-state index in [-0.39, 0.29) is 6.04 Å². The third-order valence-electron chi connectivity index (χ3n) is 6.62. The van der Waals surface area contributed by atoms with Crippen molar-refractivity contribution >= 4 is 24.4 Å². The summed E-state index contributed by atoms with van der Waals surface area (Å²) >= 11 is 0. The Balaban J connectivity index is 1.52. The van der Waals surface area contributed by atoms with Crippen LogP contribution in [-0.2, 0) is 6.42 Å². The Labute approximate surface area is 208 Å². The van der Waals surface area contributed by atoms with Crippen molar-refractivity contribution in [2.75, 3.05) is 4.67 Å². The summed E-state index contributed by atoms with van der Waals surface area (Å²) in [6.07, 6.45) is 2.10. The first-order chi connectivity index (χ1) is 17.4. The zero-order valence-electron chi connectivity index (χ0n) is 19.5. The molecular formula is C32H27N2P. The molecule has 0 amide bonds. The quantitative estimate of drug-likeness (QED) is 0.251. The Morgan fingerprint density at radius 1 is 0.600 bits per heavy atom. The number of fused-ring (bicyclic) bond motifs is 1. The molecule has 1 aromatic heterocycles. The fraction of sp³-hybridized carbons (Fsp3) is 0.0938. The van der Waals surface area contributed by atoms with Gasteiger partial charge in [0.05, 0.1) is 25.5 Å². The van der Waals surface area contributed by atoms with Gasteiger partial charge < -0.3 is 4.67 Å². The second-order valence-electron chi connectivity index (χ2n) is 8.82. The van der Waals surface area contributed by atoms with Crippen molar-refractivity contribution in [2.24, 2.45) is 0 Å². The van der Waals surface area contributed by atoms with Crippen molar-refractivity contribution in [2.45, 2.75) is 18.9 Å². The monoisotopic (exact) mass is 470 g/mol. The zero-order valence-corrected chi connectivity index (χ0v) is 20.4. The SMILES string of the molecule is c1ccc(-c2cccc([C@@H]3CCc4ccccc4N3P(c3ccccc3)c3ccccc3)n2)cc1. The van der Waals surface area contributed by atoms with E-state index >= 15 is 0 Å². The van der Waals surface area contributed by atoms with Crippen molar-refractivity contribution in [1.29, 1.82) is 0 Å². The molecule has 0 unspecified atom stereocenters. The minimum atomic E-state index is -0.789. The number of rotatable bonds is 5. The molecular weight excluding hydrogens is 443 g/mol. The van der Waals surface area contributed by atoms with Crippen molar-refractivity contribution in [3.63, 3.8) is 0 Å². The highest BCUT2D eigenvalue weighted by molar-refractivity contribution is 7.74. The molecule has 0 bridgehead atoms. The highest BCUT2D eigenvalue weighted by Gasteiger charge is 2.35. The van der Waals surface area contributed by atoms with E-state index in [2.05, 4.69) is 138 Å². The lowest BCUT2D eigenvalue weighted by molar-refractivity contribution is 0.612. The number of aromatic nitrogens is 1. The van der Waals surface area contributed by atoms with E-state index in [1.54, 1.807) is 0 Å². The van der Waals surface area contributed by atoms with Crippen LogP contribution in [0.15, 0.2) is 133 Å². The third kappa shape index (κ3) is 4.38. The smallest absolute Gasteiger partial charge is 0.0758 e. The predicted molar refractivity (Wildman–Crippen MR) is 149 cm³/mol.